The molecular formula is C16H17Cl2N7. The highest BCUT2D eigenvalue weighted by atomic mass is 35.5. The molecule has 0 aliphatic heterocycles. The van der Waals surface area contributed by atoms with Crippen LogP contribution in [0.5, 0.6) is 0 Å². The first kappa shape index (κ1) is 17.4. The van der Waals surface area contributed by atoms with Crippen molar-refractivity contribution in [3.63, 3.8) is 0 Å². The number of fused-ring (bicyclic) bond motifs is 1. The van der Waals surface area contributed by atoms with Crippen LogP contribution in [0.3, 0.4) is 0 Å². The number of H-pyrrole nitrogens is 1. The number of hydrazone groups is 1. The predicted octanol–water partition coefficient (Wildman–Crippen LogP) is 3.08. The molecule has 0 spiro atoms. The Balaban J connectivity index is 1.66. The molecule has 0 fully saturated rings. The average molecular weight is 378 g/mol. The largest absolute Gasteiger partial charge is 0.369 e. The van der Waals surface area contributed by atoms with Crippen LogP contribution in [0.15, 0.2) is 42.0 Å². The van der Waals surface area contributed by atoms with Crippen LogP contribution in [0.25, 0.3) is 11.2 Å². The normalized spacial score (nSPS) is 11.3. The summed E-state index contributed by atoms with van der Waals surface area (Å²) in [7, 11) is 0. The second kappa shape index (κ2) is 8.64. The number of nitrogens with one attached hydrogen (secondary N) is 2. The zero-order valence-corrected chi connectivity index (χ0v) is 14.9. The van der Waals surface area contributed by atoms with Gasteiger partial charge in [0.05, 0.1) is 12.5 Å². The predicted molar refractivity (Wildman–Crippen MR) is 103 cm³/mol. The fraction of sp³-hybridized carbons (Fsp3) is 0.250. The Bertz CT molecular complexity index is 826. The second-order valence-corrected chi connectivity index (χ2v) is 5.91. The summed E-state index contributed by atoms with van der Waals surface area (Å²) in [6.07, 6.45) is 4.74. The summed E-state index contributed by atoms with van der Waals surface area (Å²) in [5.41, 5.74) is 6.26. The quantitative estimate of drug-likeness (QED) is 0.358. The first-order chi connectivity index (χ1) is 12.3. The first-order valence-electron chi connectivity index (χ1n) is 7.72. The first-order valence-corrected chi connectivity index (χ1v) is 8.79. The number of aromatic nitrogens is 4. The average Bonchev–Trinajstić information content (AvgIpc) is 3.12. The number of nitrogens with zero attached hydrogens (tertiary/aromatic N) is 5. The Morgan fingerprint density at radius 2 is 1.84 bits per heavy atom. The van der Waals surface area contributed by atoms with Crippen LogP contribution in [-0.4, -0.2) is 51.0 Å². The van der Waals surface area contributed by atoms with Crippen molar-refractivity contribution in [3.8, 4) is 0 Å². The van der Waals surface area contributed by atoms with Gasteiger partial charge in [0.15, 0.2) is 11.5 Å². The molecule has 0 amide bonds. The van der Waals surface area contributed by atoms with Crippen LogP contribution in [0.2, 0.25) is 0 Å². The summed E-state index contributed by atoms with van der Waals surface area (Å²) in [5.74, 6) is 1.70. The third-order valence-corrected chi connectivity index (χ3v) is 3.91. The van der Waals surface area contributed by atoms with Crippen molar-refractivity contribution in [2.75, 3.05) is 35.2 Å². The molecule has 0 aliphatic carbocycles. The molecular weight excluding hydrogens is 361 g/mol. The zero-order valence-electron chi connectivity index (χ0n) is 13.4. The van der Waals surface area contributed by atoms with Gasteiger partial charge in [-0.2, -0.15) is 5.10 Å². The van der Waals surface area contributed by atoms with Crippen LogP contribution in [0, 0.1) is 0 Å². The highest BCUT2D eigenvalue weighted by molar-refractivity contribution is 6.18. The smallest absolute Gasteiger partial charge is 0.182 e. The van der Waals surface area contributed by atoms with E-state index in [9.17, 15) is 0 Å². The molecule has 0 radical (unpaired) electrons. The van der Waals surface area contributed by atoms with Gasteiger partial charge in [-0.05, 0) is 17.7 Å². The van der Waals surface area contributed by atoms with Crippen molar-refractivity contribution in [2.45, 2.75) is 0 Å². The molecule has 3 aromatic rings. The van der Waals surface area contributed by atoms with Gasteiger partial charge < -0.3 is 9.88 Å². The second-order valence-electron chi connectivity index (χ2n) is 5.15. The minimum absolute atomic E-state index is 0.561. The minimum Gasteiger partial charge on any atom is -0.369 e. The van der Waals surface area contributed by atoms with Crippen molar-refractivity contribution in [1.29, 1.82) is 0 Å². The van der Waals surface area contributed by atoms with Crippen molar-refractivity contribution in [2.24, 2.45) is 5.10 Å². The Morgan fingerprint density at radius 1 is 1.08 bits per heavy atom. The fourth-order valence-electron chi connectivity index (χ4n) is 2.36. The number of imidazole rings is 1. The molecule has 0 atom stereocenters. The van der Waals surface area contributed by atoms with Gasteiger partial charge in [-0.25, -0.2) is 15.0 Å². The Kier molecular flexibility index (Phi) is 6.03. The summed E-state index contributed by atoms with van der Waals surface area (Å²) in [5, 5.41) is 4.22. The monoisotopic (exact) mass is 377 g/mol. The van der Waals surface area contributed by atoms with Gasteiger partial charge in [-0.3, -0.25) is 5.43 Å². The number of halogens is 2. The van der Waals surface area contributed by atoms with Crippen LogP contribution in [0.4, 0.5) is 11.5 Å². The lowest BCUT2D eigenvalue weighted by Crippen LogP contribution is -2.27. The van der Waals surface area contributed by atoms with Crippen molar-refractivity contribution in [3.05, 3.63) is 42.5 Å². The van der Waals surface area contributed by atoms with Crippen molar-refractivity contribution < 1.29 is 0 Å². The van der Waals surface area contributed by atoms with E-state index in [0.29, 0.717) is 28.7 Å². The van der Waals surface area contributed by atoms with Crippen molar-refractivity contribution in [1.82, 2.24) is 19.9 Å². The van der Waals surface area contributed by atoms with E-state index in [1.54, 1.807) is 12.5 Å². The van der Waals surface area contributed by atoms with Gasteiger partial charge in [-0.1, -0.05) is 12.1 Å². The van der Waals surface area contributed by atoms with Gasteiger partial charge in [-0.15, -0.1) is 23.2 Å². The van der Waals surface area contributed by atoms with Crippen LogP contribution in [0.1, 0.15) is 5.56 Å². The molecule has 7 nitrogen and oxygen atoms in total. The lowest BCUT2D eigenvalue weighted by Gasteiger charge is -2.22. The molecule has 9 heteroatoms. The number of hydrogen-bond acceptors (Lipinski definition) is 6. The molecule has 0 saturated heterocycles. The van der Waals surface area contributed by atoms with Crippen LogP contribution >= 0.6 is 23.2 Å². The van der Waals surface area contributed by atoms with E-state index in [1.807, 2.05) is 24.3 Å². The van der Waals surface area contributed by atoms with Gasteiger partial charge in [0.1, 0.15) is 11.8 Å². The molecule has 0 unspecified atom stereocenters. The lowest BCUT2D eigenvalue weighted by atomic mass is 10.2. The molecule has 2 N–H and O–H groups in total. The van der Waals surface area contributed by atoms with Gasteiger partial charge >= 0.3 is 0 Å². The SMILES string of the molecule is ClCCN(CCCl)c1ccc(/C=N/Nc2ncnc3nc[nH]c23)cc1. The molecule has 130 valence electrons. The number of benzene rings is 1. The molecule has 0 aliphatic rings. The fourth-order valence-corrected chi connectivity index (χ4v) is 2.77. The number of hydrogen-bond donors (Lipinski definition) is 2. The topological polar surface area (TPSA) is 82.1 Å². The maximum absolute atomic E-state index is 5.84. The molecule has 0 bridgehead atoms. The van der Waals surface area contributed by atoms with E-state index in [1.165, 1.54) is 6.33 Å². The summed E-state index contributed by atoms with van der Waals surface area (Å²) >= 11 is 11.7. The van der Waals surface area contributed by atoms with Crippen molar-refractivity contribution >= 4 is 52.1 Å². The van der Waals surface area contributed by atoms with Gasteiger partial charge in [0.25, 0.3) is 0 Å². The van der Waals surface area contributed by atoms with Crippen LogP contribution in [-0.2, 0) is 0 Å². The Morgan fingerprint density at radius 3 is 2.56 bits per heavy atom. The van der Waals surface area contributed by atoms with E-state index in [0.717, 1.165) is 24.3 Å². The maximum atomic E-state index is 5.84. The van der Waals surface area contributed by atoms with E-state index in [4.69, 9.17) is 23.2 Å². The van der Waals surface area contributed by atoms with E-state index in [-0.39, 0.29) is 0 Å². The minimum atomic E-state index is 0.561. The third-order valence-electron chi connectivity index (χ3n) is 3.57. The summed E-state index contributed by atoms with van der Waals surface area (Å²) in [4.78, 5) is 17.4. The molecule has 1 aromatic carbocycles. The van der Waals surface area contributed by atoms with Gasteiger partial charge in [0.2, 0.25) is 0 Å². The highest BCUT2D eigenvalue weighted by Crippen LogP contribution is 2.16. The summed E-state index contributed by atoms with van der Waals surface area (Å²) in [6.45, 7) is 1.52. The summed E-state index contributed by atoms with van der Waals surface area (Å²) < 4.78 is 0. The van der Waals surface area contributed by atoms with Crippen LogP contribution < -0.4 is 10.3 Å². The molecule has 2 heterocycles. The Labute approximate surface area is 155 Å². The zero-order chi connectivity index (χ0) is 17.5. The molecule has 3 rings (SSSR count). The molecule has 0 saturated carbocycles. The molecule has 25 heavy (non-hydrogen) atoms. The molecule has 2 aromatic heterocycles. The van der Waals surface area contributed by atoms with E-state index < -0.39 is 0 Å². The third kappa shape index (κ3) is 4.37. The highest BCUT2D eigenvalue weighted by Gasteiger charge is 2.05. The lowest BCUT2D eigenvalue weighted by molar-refractivity contribution is 0.874. The van der Waals surface area contributed by atoms with Gasteiger partial charge in [0, 0.05) is 30.5 Å². The van der Waals surface area contributed by atoms with E-state index >= 15 is 0 Å². The summed E-state index contributed by atoms with van der Waals surface area (Å²) in [6, 6.07) is 8.03. The number of anilines is 2. The maximum Gasteiger partial charge on any atom is 0.182 e. The number of aromatic amines is 1. The number of rotatable bonds is 8. The number of alkyl halides is 2. The van der Waals surface area contributed by atoms with E-state index in [2.05, 4.69) is 35.4 Å². The Hall–Kier alpha value is -2.38. The standard InChI is InChI=1S/C16H17Cl2N7/c17-5-7-25(8-6-18)13-3-1-12(2-4-13)9-23-24-16-14-15(20-10-19-14)21-11-22-16/h1-4,9-11H,5-8H2,(H2,19,20,21,22,24)/b23-9+.